The molecule has 1 heterocycles. The van der Waals surface area contributed by atoms with Crippen LogP contribution in [0, 0.1) is 6.92 Å². The third kappa shape index (κ3) is 3.48. The summed E-state index contributed by atoms with van der Waals surface area (Å²) in [5, 5.41) is 9.36. The molecule has 0 saturated carbocycles. The zero-order valence-corrected chi connectivity index (χ0v) is 22.2. The Bertz CT molecular complexity index is 1350. The highest BCUT2D eigenvalue weighted by Gasteiger charge is 2.52. The van der Waals surface area contributed by atoms with E-state index in [4.69, 9.17) is 0 Å². The lowest BCUT2D eigenvalue weighted by Crippen LogP contribution is -2.82. The van der Waals surface area contributed by atoms with Crippen LogP contribution >= 0.6 is 0 Å². The van der Waals surface area contributed by atoms with Gasteiger partial charge in [-0.3, -0.25) is 0 Å². The Morgan fingerprint density at radius 2 is 0.743 bits per heavy atom. The fraction of sp³-hybridized carbons (Fsp3) is 0.0909. The van der Waals surface area contributed by atoms with Gasteiger partial charge in [0.15, 0.2) is 0 Å². The minimum Gasteiger partial charge on any atom is -0.0624 e. The number of fused-ring (bicyclic) bond motifs is 1. The van der Waals surface area contributed by atoms with Crippen molar-refractivity contribution in [1.82, 2.24) is 0 Å². The molecule has 0 N–H and O–H groups in total. The lowest BCUT2D eigenvalue weighted by atomic mass is 10.2. The summed E-state index contributed by atoms with van der Waals surface area (Å²) in [6.07, 6.45) is 0. The maximum absolute atomic E-state index is 2.55. The van der Waals surface area contributed by atoms with Gasteiger partial charge in [0.25, 0.3) is 0 Å². The number of aryl methyl sites for hydroxylation is 1. The Kier molecular flexibility index (Phi) is 5.64. The summed E-state index contributed by atoms with van der Waals surface area (Å²) < 4.78 is 0. The van der Waals surface area contributed by atoms with E-state index >= 15 is 0 Å². The van der Waals surface area contributed by atoms with Gasteiger partial charge in [0.1, 0.15) is 16.1 Å². The summed E-state index contributed by atoms with van der Waals surface area (Å²) in [7, 11) is -4.41. The van der Waals surface area contributed by atoms with Crippen molar-refractivity contribution in [1.29, 1.82) is 0 Å². The van der Waals surface area contributed by atoms with E-state index in [-0.39, 0.29) is 0 Å². The summed E-state index contributed by atoms with van der Waals surface area (Å²) >= 11 is 0. The first-order valence-electron chi connectivity index (χ1n) is 12.6. The van der Waals surface area contributed by atoms with Crippen molar-refractivity contribution < 1.29 is 0 Å². The van der Waals surface area contributed by atoms with Crippen LogP contribution in [0.3, 0.4) is 0 Å². The molecule has 0 spiro atoms. The highest BCUT2D eigenvalue weighted by molar-refractivity contribution is 7.22. The molecule has 1 aliphatic rings. The van der Waals surface area contributed by atoms with E-state index in [0.29, 0.717) is 0 Å². The highest BCUT2D eigenvalue weighted by atomic mass is 28.3. The molecule has 0 atom stereocenters. The molecule has 0 radical (unpaired) electrons. The van der Waals surface area contributed by atoms with Crippen LogP contribution in [-0.4, -0.2) is 16.1 Å². The maximum atomic E-state index is 2.55. The fourth-order valence-corrected chi connectivity index (χ4v) is 19.3. The molecule has 0 amide bonds. The van der Waals surface area contributed by atoms with E-state index in [1.165, 1.54) is 38.4 Å². The van der Waals surface area contributed by atoms with Crippen molar-refractivity contribution in [3.05, 3.63) is 145 Å². The standard InChI is InChI=1S/C33H30Si2/c1-27-22-23-32-33(26-27)35(30-18-10-4-11-19-30,31-20-12-5-13-21-31)25-24-34(32,28-14-6-2-7-15-28)29-16-8-3-9-17-29/h2-23,26H,24-25H2,1H3. The second-order valence-electron chi connectivity index (χ2n) is 9.82. The van der Waals surface area contributed by atoms with E-state index in [1.807, 2.05) is 0 Å². The average Bonchev–Trinajstić information content (AvgIpc) is 2.94. The van der Waals surface area contributed by atoms with Gasteiger partial charge in [0.2, 0.25) is 0 Å². The fourth-order valence-electron chi connectivity index (χ4n) is 6.45. The minimum absolute atomic E-state index is 1.23. The largest absolute Gasteiger partial charge is 0.148 e. The van der Waals surface area contributed by atoms with Crippen LogP contribution in [0.25, 0.3) is 0 Å². The van der Waals surface area contributed by atoms with Gasteiger partial charge in [-0.2, -0.15) is 0 Å². The molecule has 0 saturated heterocycles. The molecular weight excluding hydrogens is 453 g/mol. The highest BCUT2D eigenvalue weighted by Crippen LogP contribution is 2.27. The molecule has 170 valence electrons. The molecule has 35 heavy (non-hydrogen) atoms. The Morgan fingerprint density at radius 1 is 0.400 bits per heavy atom. The van der Waals surface area contributed by atoms with Crippen LogP contribution < -0.4 is 31.1 Å². The van der Waals surface area contributed by atoms with Gasteiger partial charge in [0.05, 0.1) is 0 Å². The van der Waals surface area contributed by atoms with Crippen LogP contribution in [0.2, 0.25) is 12.1 Å². The lowest BCUT2D eigenvalue weighted by molar-refractivity contribution is 1.31. The molecular formula is C33H30Si2. The summed E-state index contributed by atoms with van der Waals surface area (Å²) in [5.74, 6) is 0. The number of benzene rings is 5. The summed E-state index contributed by atoms with van der Waals surface area (Å²) in [4.78, 5) is 0. The number of hydrogen-bond donors (Lipinski definition) is 0. The second kappa shape index (κ2) is 8.96. The Labute approximate surface area is 211 Å². The van der Waals surface area contributed by atoms with Crippen molar-refractivity contribution in [3.63, 3.8) is 0 Å². The Morgan fingerprint density at radius 3 is 1.11 bits per heavy atom. The summed E-state index contributed by atoms with van der Waals surface area (Å²) in [5.41, 5.74) is 1.36. The molecule has 0 unspecified atom stereocenters. The number of hydrogen-bond acceptors (Lipinski definition) is 0. The lowest BCUT2D eigenvalue weighted by Gasteiger charge is -2.47. The quantitative estimate of drug-likeness (QED) is 0.340. The van der Waals surface area contributed by atoms with Gasteiger partial charge in [0, 0.05) is 0 Å². The number of rotatable bonds is 4. The van der Waals surface area contributed by atoms with Gasteiger partial charge >= 0.3 is 0 Å². The van der Waals surface area contributed by atoms with E-state index in [1.54, 1.807) is 10.4 Å². The molecule has 6 rings (SSSR count). The smallest absolute Gasteiger partial charge is 0.0624 e. The van der Waals surface area contributed by atoms with Gasteiger partial charge in [-0.1, -0.05) is 145 Å². The van der Waals surface area contributed by atoms with E-state index in [0.717, 1.165) is 0 Å². The Balaban J connectivity index is 1.73. The van der Waals surface area contributed by atoms with Crippen molar-refractivity contribution in [2.45, 2.75) is 19.0 Å². The second-order valence-corrected chi connectivity index (χ2v) is 17.8. The predicted molar refractivity (Wildman–Crippen MR) is 156 cm³/mol. The molecule has 0 nitrogen and oxygen atoms in total. The zero-order chi connectivity index (χ0) is 23.7. The zero-order valence-electron chi connectivity index (χ0n) is 20.2. The van der Waals surface area contributed by atoms with Gasteiger partial charge in [-0.15, -0.1) is 0 Å². The average molecular weight is 483 g/mol. The SMILES string of the molecule is Cc1ccc2c(c1)[Si](c1ccccc1)(c1ccccc1)CC[Si]2(c1ccccc1)c1ccccc1. The van der Waals surface area contributed by atoms with Crippen LogP contribution in [0.1, 0.15) is 5.56 Å². The van der Waals surface area contributed by atoms with Crippen molar-refractivity contribution in [3.8, 4) is 0 Å². The monoisotopic (exact) mass is 482 g/mol. The molecule has 0 aliphatic carbocycles. The van der Waals surface area contributed by atoms with Crippen LogP contribution in [0.15, 0.2) is 140 Å². The normalized spacial score (nSPS) is 15.8. The van der Waals surface area contributed by atoms with E-state index < -0.39 is 16.1 Å². The Hall–Kier alpha value is -3.47. The van der Waals surface area contributed by atoms with E-state index in [2.05, 4.69) is 146 Å². The molecule has 5 aromatic rings. The first-order valence-corrected chi connectivity index (χ1v) is 17.0. The molecule has 1 aliphatic heterocycles. The molecule has 0 fully saturated rings. The van der Waals surface area contributed by atoms with E-state index in [9.17, 15) is 0 Å². The van der Waals surface area contributed by atoms with Crippen LogP contribution in [0.5, 0.6) is 0 Å². The topological polar surface area (TPSA) is 0 Å². The third-order valence-electron chi connectivity index (χ3n) is 8.04. The first kappa shape index (κ1) is 22.0. The molecule has 2 heteroatoms. The van der Waals surface area contributed by atoms with Gasteiger partial charge in [-0.05, 0) is 50.1 Å². The van der Waals surface area contributed by atoms with Crippen molar-refractivity contribution in [2.75, 3.05) is 0 Å². The van der Waals surface area contributed by atoms with Gasteiger partial charge < -0.3 is 0 Å². The molecule has 5 aromatic carbocycles. The van der Waals surface area contributed by atoms with Crippen LogP contribution in [-0.2, 0) is 0 Å². The first-order chi connectivity index (χ1) is 17.2. The predicted octanol–water partition coefficient (Wildman–Crippen LogP) is 3.95. The maximum Gasteiger partial charge on any atom is 0.148 e. The third-order valence-corrected chi connectivity index (χ3v) is 18.8. The minimum atomic E-state index is -2.21. The van der Waals surface area contributed by atoms with Crippen molar-refractivity contribution in [2.24, 2.45) is 0 Å². The summed E-state index contributed by atoms with van der Waals surface area (Å²) in [6, 6.07) is 55.5. The molecule has 0 bridgehead atoms. The van der Waals surface area contributed by atoms with Crippen LogP contribution in [0.4, 0.5) is 0 Å². The van der Waals surface area contributed by atoms with Crippen molar-refractivity contribution >= 4 is 47.3 Å². The summed E-state index contributed by atoms with van der Waals surface area (Å²) in [6.45, 7) is 2.26. The van der Waals surface area contributed by atoms with Gasteiger partial charge in [-0.25, -0.2) is 0 Å². The molecule has 0 aromatic heterocycles.